The van der Waals surface area contributed by atoms with Crippen molar-refractivity contribution in [2.45, 2.75) is 44.6 Å². The fraction of sp³-hybridized carbons (Fsp3) is 0.350. The van der Waals surface area contributed by atoms with Gasteiger partial charge in [-0.05, 0) is 68.4 Å². The molecule has 1 heterocycles. The lowest BCUT2D eigenvalue weighted by molar-refractivity contribution is -0.113. The summed E-state index contributed by atoms with van der Waals surface area (Å²) in [5, 5.41) is 13.0. The maximum Gasteiger partial charge on any atom is 0.234 e. The van der Waals surface area contributed by atoms with Crippen LogP contribution in [0.3, 0.4) is 0 Å². The topological polar surface area (TPSA) is 65.8 Å². The summed E-state index contributed by atoms with van der Waals surface area (Å²) in [6.07, 6.45) is 4.26. The SMILES string of the molecule is Cc1cccc(NC(=O)CSc2nc3c(cc2C#N)CCCC3)c1C. The number of benzene rings is 1. The molecule has 0 saturated heterocycles. The first-order valence-electron chi connectivity index (χ1n) is 8.50. The molecule has 0 fully saturated rings. The highest BCUT2D eigenvalue weighted by Gasteiger charge is 2.16. The number of anilines is 1. The first-order valence-corrected chi connectivity index (χ1v) is 9.49. The Bertz CT molecular complexity index is 855. The second kappa shape index (κ2) is 7.71. The molecule has 5 heteroatoms. The number of carbonyl (C=O) groups is 1. The van der Waals surface area contributed by atoms with Gasteiger partial charge in [0.05, 0.1) is 11.3 Å². The number of nitrogens with zero attached hydrogens (tertiary/aromatic N) is 2. The highest BCUT2D eigenvalue weighted by molar-refractivity contribution is 8.00. The number of amides is 1. The molecular weight excluding hydrogens is 330 g/mol. The van der Waals surface area contributed by atoms with Crippen molar-refractivity contribution < 1.29 is 4.79 Å². The van der Waals surface area contributed by atoms with Crippen molar-refractivity contribution in [3.8, 4) is 6.07 Å². The minimum atomic E-state index is -0.0814. The Labute approximate surface area is 152 Å². The normalized spacial score (nSPS) is 13.0. The Hall–Kier alpha value is -2.32. The molecule has 2 aromatic rings. The maximum absolute atomic E-state index is 12.3. The molecule has 1 amide bonds. The predicted octanol–water partition coefficient (Wildman–Crippen LogP) is 4.18. The zero-order valence-corrected chi connectivity index (χ0v) is 15.4. The summed E-state index contributed by atoms with van der Waals surface area (Å²) >= 11 is 1.34. The lowest BCUT2D eigenvalue weighted by Crippen LogP contribution is -2.15. The third-order valence-corrected chi connectivity index (χ3v) is 5.60. The van der Waals surface area contributed by atoms with E-state index in [-0.39, 0.29) is 11.7 Å². The zero-order valence-electron chi connectivity index (χ0n) is 14.6. The van der Waals surface area contributed by atoms with Crippen molar-refractivity contribution in [1.82, 2.24) is 4.98 Å². The van der Waals surface area contributed by atoms with Crippen LogP contribution in [0.1, 0.15) is 40.8 Å². The number of hydrogen-bond acceptors (Lipinski definition) is 4. The summed E-state index contributed by atoms with van der Waals surface area (Å²) in [5.74, 6) is 0.163. The molecule has 1 N–H and O–H groups in total. The molecule has 1 aromatic carbocycles. The van der Waals surface area contributed by atoms with Crippen molar-refractivity contribution in [2.75, 3.05) is 11.1 Å². The van der Waals surface area contributed by atoms with Gasteiger partial charge in [0.15, 0.2) is 0 Å². The Kier molecular flexibility index (Phi) is 5.40. The standard InChI is InChI=1S/C20H21N3OS/c1-13-6-5-9-17(14(13)2)22-19(24)12-25-20-16(11-21)10-15-7-3-4-8-18(15)23-20/h5-6,9-10H,3-4,7-8,12H2,1-2H3,(H,22,24). The minimum absolute atomic E-state index is 0.0814. The molecule has 128 valence electrons. The number of hydrogen-bond donors (Lipinski definition) is 1. The second-order valence-electron chi connectivity index (χ2n) is 6.35. The van der Waals surface area contributed by atoms with Crippen LogP contribution in [-0.2, 0) is 17.6 Å². The van der Waals surface area contributed by atoms with E-state index in [1.165, 1.54) is 17.3 Å². The third-order valence-electron chi connectivity index (χ3n) is 4.60. The minimum Gasteiger partial charge on any atom is -0.325 e. The van der Waals surface area contributed by atoms with Gasteiger partial charge >= 0.3 is 0 Å². The molecule has 0 radical (unpaired) electrons. The highest BCUT2D eigenvalue weighted by Crippen LogP contribution is 2.27. The highest BCUT2D eigenvalue weighted by atomic mass is 32.2. The van der Waals surface area contributed by atoms with Gasteiger partial charge in [0, 0.05) is 11.4 Å². The first-order chi connectivity index (χ1) is 12.1. The Balaban J connectivity index is 1.70. The van der Waals surface area contributed by atoms with Crippen LogP contribution < -0.4 is 5.32 Å². The molecule has 0 spiro atoms. The van der Waals surface area contributed by atoms with E-state index in [1.54, 1.807) is 0 Å². The molecule has 1 aromatic heterocycles. The van der Waals surface area contributed by atoms with E-state index in [0.717, 1.165) is 48.2 Å². The van der Waals surface area contributed by atoms with Crippen molar-refractivity contribution in [1.29, 1.82) is 5.26 Å². The predicted molar refractivity (Wildman–Crippen MR) is 101 cm³/mol. The summed E-state index contributed by atoms with van der Waals surface area (Å²) < 4.78 is 0. The van der Waals surface area contributed by atoms with Crippen LogP contribution in [0.15, 0.2) is 29.3 Å². The summed E-state index contributed by atoms with van der Waals surface area (Å²) in [4.78, 5) is 17.0. The molecule has 1 aliphatic rings. The van der Waals surface area contributed by atoms with Crippen molar-refractivity contribution >= 4 is 23.4 Å². The molecule has 3 rings (SSSR count). The summed E-state index contributed by atoms with van der Waals surface area (Å²) in [5.41, 5.74) is 5.91. The largest absolute Gasteiger partial charge is 0.325 e. The molecule has 0 atom stereocenters. The van der Waals surface area contributed by atoms with Crippen LogP contribution >= 0.6 is 11.8 Å². The van der Waals surface area contributed by atoms with Crippen LogP contribution in [0.4, 0.5) is 5.69 Å². The molecule has 0 aliphatic heterocycles. The van der Waals surface area contributed by atoms with Gasteiger partial charge in [-0.25, -0.2) is 4.98 Å². The maximum atomic E-state index is 12.3. The molecule has 0 saturated carbocycles. The number of nitriles is 1. The third kappa shape index (κ3) is 4.02. The number of aryl methyl sites for hydroxylation is 3. The van der Waals surface area contributed by atoms with E-state index in [4.69, 9.17) is 0 Å². The van der Waals surface area contributed by atoms with Crippen molar-refractivity contribution in [3.05, 3.63) is 52.2 Å². The van der Waals surface area contributed by atoms with Gasteiger partial charge < -0.3 is 5.32 Å². The monoisotopic (exact) mass is 351 g/mol. The van der Waals surface area contributed by atoms with Gasteiger partial charge in [0.2, 0.25) is 5.91 Å². The van der Waals surface area contributed by atoms with E-state index in [2.05, 4.69) is 16.4 Å². The van der Waals surface area contributed by atoms with Gasteiger partial charge in [-0.15, -0.1) is 0 Å². The number of fused-ring (bicyclic) bond motifs is 1. The molecule has 0 unspecified atom stereocenters. The smallest absolute Gasteiger partial charge is 0.234 e. The Morgan fingerprint density at radius 3 is 2.92 bits per heavy atom. The van der Waals surface area contributed by atoms with E-state index in [9.17, 15) is 10.1 Å². The van der Waals surface area contributed by atoms with Crippen molar-refractivity contribution in [3.63, 3.8) is 0 Å². The number of thioether (sulfide) groups is 1. The number of nitrogens with one attached hydrogen (secondary N) is 1. The first kappa shape index (κ1) is 17.5. The lowest BCUT2D eigenvalue weighted by Gasteiger charge is -2.16. The number of aromatic nitrogens is 1. The molecule has 1 aliphatic carbocycles. The van der Waals surface area contributed by atoms with E-state index >= 15 is 0 Å². The summed E-state index contributed by atoms with van der Waals surface area (Å²) in [7, 11) is 0. The average Bonchev–Trinajstić information content (AvgIpc) is 2.63. The van der Waals surface area contributed by atoms with Crippen LogP contribution in [0.25, 0.3) is 0 Å². The second-order valence-corrected chi connectivity index (χ2v) is 7.31. The van der Waals surface area contributed by atoms with Gasteiger partial charge in [-0.2, -0.15) is 5.26 Å². The van der Waals surface area contributed by atoms with E-state index in [0.29, 0.717) is 10.6 Å². The summed E-state index contributed by atoms with van der Waals surface area (Å²) in [6.45, 7) is 4.02. The summed E-state index contributed by atoms with van der Waals surface area (Å²) in [6, 6.07) is 10.0. The van der Waals surface area contributed by atoms with Gasteiger partial charge in [-0.1, -0.05) is 23.9 Å². The van der Waals surface area contributed by atoms with Gasteiger partial charge in [0.1, 0.15) is 11.1 Å². The molecule has 0 bridgehead atoms. The fourth-order valence-electron chi connectivity index (χ4n) is 3.01. The van der Waals surface area contributed by atoms with Gasteiger partial charge in [-0.3, -0.25) is 4.79 Å². The quantitative estimate of drug-likeness (QED) is 0.839. The van der Waals surface area contributed by atoms with Crippen LogP contribution in [0, 0.1) is 25.2 Å². The molecule has 25 heavy (non-hydrogen) atoms. The van der Waals surface area contributed by atoms with Gasteiger partial charge in [0.25, 0.3) is 0 Å². The lowest BCUT2D eigenvalue weighted by atomic mass is 9.95. The van der Waals surface area contributed by atoms with E-state index < -0.39 is 0 Å². The Morgan fingerprint density at radius 2 is 2.12 bits per heavy atom. The number of carbonyl (C=O) groups excluding carboxylic acids is 1. The zero-order chi connectivity index (χ0) is 17.8. The van der Waals surface area contributed by atoms with Crippen LogP contribution in [-0.4, -0.2) is 16.6 Å². The van der Waals surface area contributed by atoms with Crippen LogP contribution in [0.5, 0.6) is 0 Å². The van der Waals surface area contributed by atoms with E-state index in [1.807, 2.05) is 38.1 Å². The average molecular weight is 351 g/mol. The van der Waals surface area contributed by atoms with Crippen molar-refractivity contribution in [2.24, 2.45) is 0 Å². The fourth-order valence-corrected chi connectivity index (χ4v) is 3.79. The molecule has 4 nitrogen and oxygen atoms in total. The molecular formula is C20H21N3OS. The number of pyridine rings is 1. The Morgan fingerprint density at radius 1 is 1.32 bits per heavy atom. The number of rotatable bonds is 4. The van der Waals surface area contributed by atoms with Crippen LogP contribution in [0.2, 0.25) is 0 Å².